The van der Waals surface area contributed by atoms with Crippen LogP contribution >= 0.6 is 0 Å². The summed E-state index contributed by atoms with van der Waals surface area (Å²) in [5.74, 6) is -1.05. The molecule has 11 heteroatoms. The number of halogens is 3. The summed E-state index contributed by atoms with van der Waals surface area (Å²) >= 11 is 0. The number of alkyl halides is 3. The summed E-state index contributed by atoms with van der Waals surface area (Å²) in [7, 11) is 1.51. The quantitative estimate of drug-likeness (QED) is 0.423. The number of nitrogens with zero attached hydrogens (tertiary/aromatic N) is 4. The summed E-state index contributed by atoms with van der Waals surface area (Å²) in [6.07, 6.45) is 0.808. The zero-order chi connectivity index (χ0) is 25.9. The molecular formula is C25H19F3N6O2. The van der Waals surface area contributed by atoms with E-state index in [1.807, 2.05) is 0 Å². The first kappa shape index (κ1) is 24.5. The van der Waals surface area contributed by atoms with Crippen LogP contribution in [0, 0.1) is 6.92 Å². The van der Waals surface area contributed by atoms with Crippen LogP contribution in [0.25, 0.3) is 22.4 Å². The molecule has 4 aromatic heterocycles. The van der Waals surface area contributed by atoms with Crippen LogP contribution in [0.3, 0.4) is 0 Å². The van der Waals surface area contributed by atoms with Crippen LogP contribution in [0.15, 0.2) is 67.3 Å². The van der Waals surface area contributed by atoms with E-state index in [0.29, 0.717) is 34.3 Å². The van der Waals surface area contributed by atoms with Crippen molar-refractivity contribution >= 4 is 17.5 Å². The largest absolute Gasteiger partial charge is 0.433 e. The Bertz CT molecular complexity index is 1460. The molecule has 0 aromatic carbocycles. The van der Waals surface area contributed by atoms with E-state index in [1.165, 1.54) is 25.5 Å². The Hall–Kier alpha value is -4.67. The molecule has 182 valence electrons. The molecule has 0 radical (unpaired) electrons. The highest BCUT2D eigenvalue weighted by Crippen LogP contribution is 2.30. The van der Waals surface area contributed by atoms with Gasteiger partial charge in [0.15, 0.2) is 0 Å². The second kappa shape index (κ2) is 9.90. The van der Waals surface area contributed by atoms with Gasteiger partial charge in [0.2, 0.25) is 0 Å². The normalized spacial score (nSPS) is 11.1. The van der Waals surface area contributed by atoms with Crippen LogP contribution in [0.4, 0.5) is 18.9 Å². The summed E-state index contributed by atoms with van der Waals surface area (Å²) in [5, 5.41) is 5.11. The number of aryl methyl sites for hydroxylation is 1. The lowest BCUT2D eigenvalue weighted by Gasteiger charge is -2.12. The van der Waals surface area contributed by atoms with Crippen LogP contribution in [0.5, 0.6) is 0 Å². The van der Waals surface area contributed by atoms with Gasteiger partial charge in [-0.1, -0.05) is 0 Å². The molecule has 0 atom stereocenters. The second-order valence-electron chi connectivity index (χ2n) is 7.68. The van der Waals surface area contributed by atoms with Gasteiger partial charge in [-0.3, -0.25) is 29.5 Å². The SMILES string of the molecule is CNC(=O)c1cc(-c2cc(-c3cc(NC(=O)c4ccnc(C(F)(F)F)c4)cnc3C)ccn2)ccn1. The molecule has 36 heavy (non-hydrogen) atoms. The summed E-state index contributed by atoms with van der Waals surface area (Å²) in [6.45, 7) is 1.79. The number of carbonyl (C=O) groups is 2. The third-order valence-electron chi connectivity index (χ3n) is 5.24. The lowest BCUT2D eigenvalue weighted by atomic mass is 10.0. The molecule has 0 spiro atoms. The van der Waals surface area contributed by atoms with Crippen molar-refractivity contribution in [2.75, 3.05) is 12.4 Å². The molecule has 2 N–H and O–H groups in total. The first-order chi connectivity index (χ1) is 17.2. The van der Waals surface area contributed by atoms with Crippen molar-refractivity contribution in [2.24, 2.45) is 0 Å². The number of pyridine rings is 4. The number of anilines is 1. The number of amides is 2. The molecule has 0 aliphatic rings. The molecule has 0 saturated carbocycles. The van der Waals surface area contributed by atoms with Gasteiger partial charge in [0.05, 0.1) is 17.6 Å². The van der Waals surface area contributed by atoms with Crippen LogP contribution in [-0.2, 0) is 6.18 Å². The third kappa shape index (κ3) is 5.35. The minimum absolute atomic E-state index is 0.185. The Kier molecular flexibility index (Phi) is 6.73. The Morgan fingerprint density at radius 2 is 1.56 bits per heavy atom. The smallest absolute Gasteiger partial charge is 0.354 e. The molecule has 4 rings (SSSR count). The van der Waals surface area contributed by atoms with Gasteiger partial charge in [0.1, 0.15) is 11.4 Å². The van der Waals surface area contributed by atoms with Crippen molar-refractivity contribution in [3.63, 3.8) is 0 Å². The molecule has 0 aliphatic carbocycles. The fourth-order valence-electron chi connectivity index (χ4n) is 3.42. The number of hydrogen-bond donors (Lipinski definition) is 2. The maximum absolute atomic E-state index is 12.9. The molecule has 0 aliphatic heterocycles. The van der Waals surface area contributed by atoms with Gasteiger partial charge in [-0.25, -0.2) is 0 Å². The number of rotatable bonds is 5. The number of nitrogens with one attached hydrogen (secondary N) is 2. The highest BCUT2D eigenvalue weighted by atomic mass is 19.4. The Morgan fingerprint density at radius 1 is 0.833 bits per heavy atom. The van der Waals surface area contributed by atoms with E-state index < -0.39 is 17.8 Å². The molecule has 0 unspecified atom stereocenters. The molecule has 8 nitrogen and oxygen atoms in total. The zero-order valence-corrected chi connectivity index (χ0v) is 19.1. The minimum Gasteiger partial charge on any atom is -0.354 e. The maximum Gasteiger partial charge on any atom is 0.433 e. The predicted octanol–water partition coefficient (Wildman–Crippen LogP) is 4.54. The van der Waals surface area contributed by atoms with Crippen molar-refractivity contribution in [2.45, 2.75) is 13.1 Å². The maximum atomic E-state index is 12.9. The van der Waals surface area contributed by atoms with E-state index in [0.717, 1.165) is 11.8 Å². The lowest BCUT2D eigenvalue weighted by molar-refractivity contribution is -0.141. The van der Waals surface area contributed by atoms with Gasteiger partial charge in [0.25, 0.3) is 11.8 Å². The van der Waals surface area contributed by atoms with Gasteiger partial charge in [-0.15, -0.1) is 0 Å². The van der Waals surface area contributed by atoms with Crippen LogP contribution < -0.4 is 10.6 Å². The fraction of sp³-hybridized carbons (Fsp3) is 0.120. The summed E-state index contributed by atoms with van der Waals surface area (Å²) in [5.41, 5.74) is 2.56. The average molecular weight is 492 g/mol. The average Bonchev–Trinajstić information content (AvgIpc) is 2.89. The summed E-state index contributed by atoms with van der Waals surface area (Å²) in [4.78, 5) is 40.6. The second-order valence-corrected chi connectivity index (χ2v) is 7.68. The van der Waals surface area contributed by atoms with Gasteiger partial charge in [-0.2, -0.15) is 13.2 Å². The van der Waals surface area contributed by atoms with Gasteiger partial charge >= 0.3 is 6.18 Å². The lowest BCUT2D eigenvalue weighted by Crippen LogP contribution is -2.19. The van der Waals surface area contributed by atoms with Crippen molar-refractivity contribution in [1.29, 1.82) is 0 Å². The standard InChI is InChI=1S/C25H19F3N6O2/c1-14-19(15-3-6-30-20(9-15)16-4-7-31-21(10-16)24(36)29-2)12-18(13-33-14)34-23(35)17-5-8-32-22(11-17)25(26,27)28/h3-13H,1-2H3,(H,29,36)(H,34,35). The molecule has 4 heterocycles. The number of hydrogen-bond acceptors (Lipinski definition) is 6. The molecular weight excluding hydrogens is 473 g/mol. The van der Waals surface area contributed by atoms with E-state index in [-0.39, 0.29) is 17.2 Å². The van der Waals surface area contributed by atoms with Crippen LogP contribution in [0.1, 0.15) is 32.2 Å². The number of carbonyl (C=O) groups excluding carboxylic acids is 2. The Labute approximate surface area is 203 Å². The monoisotopic (exact) mass is 492 g/mol. The molecule has 2 amide bonds. The van der Waals surface area contributed by atoms with E-state index in [1.54, 1.807) is 43.5 Å². The summed E-state index contributed by atoms with van der Waals surface area (Å²) in [6, 6.07) is 10.5. The molecule has 0 bridgehead atoms. The van der Waals surface area contributed by atoms with E-state index in [2.05, 4.69) is 30.6 Å². The Balaban J connectivity index is 1.63. The first-order valence-corrected chi connectivity index (χ1v) is 10.6. The predicted molar refractivity (Wildman–Crippen MR) is 126 cm³/mol. The number of aromatic nitrogens is 4. The van der Waals surface area contributed by atoms with Gasteiger partial charge < -0.3 is 10.6 Å². The van der Waals surface area contributed by atoms with Crippen molar-refractivity contribution in [3.8, 4) is 22.4 Å². The highest BCUT2D eigenvalue weighted by molar-refractivity contribution is 6.04. The van der Waals surface area contributed by atoms with Crippen molar-refractivity contribution < 1.29 is 22.8 Å². The first-order valence-electron chi connectivity index (χ1n) is 10.6. The summed E-state index contributed by atoms with van der Waals surface area (Å²) < 4.78 is 38.8. The zero-order valence-electron chi connectivity index (χ0n) is 19.1. The molecule has 0 fully saturated rings. The molecule has 4 aromatic rings. The van der Waals surface area contributed by atoms with E-state index >= 15 is 0 Å². The van der Waals surface area contributed by atoms with Crippen LogP contribution in [-0.4, -0.2) is 38.8 Å². The van der Waals surface area contributed by atoms with Crippen molar-refractivity contribution in [1.82, 2.24) is 25.3 Å². The fourth-order valence-corrected chi connectivity index (χ4v) is 3.42. The highest BCUT2D eigenvalue weighted by Gasteiger charge is 2.33. The van der Waals surface area contributed by atoms with Gasteiger partial charge in [0, 0.05) is 48.0 Å². The third-order valence-corrected chi connectivity index (χ3v) is 5.24. The van der Waals surface area contributed by atoms with Crippen LogP contribution in [0.2, 0.25) is 0 Å². The topological polar surface area (TPSA) is 110 Å². The van der Waals surface area contributed by atoms with Crippen molar-refractivity contribution in [3.05, 3.63) is 89.9 Å². The minimum atomic E-state index is -4.66. The molecule has 0 saturated heterocycles. The van der Waals surface area contributed by atoms with E-state index in [9.17, 15) is 22.8 Å². The van der Waals surface area contributed by atoms with Gasteiger partial charge in [-0.05, 0) is 55.0 Å². The Morgan fingerprint density at radius 3 is 2.31 bits per heavy atom. The van der Waals surface area contributed by atoms with E-state index in [4.69, 9.17) is 0 Å².